The predicted octanol–water partition coefficient (Wildman–Crippen LogP) is 2.98. The second-order valence-electron chi connectivity index (χ2n) is 7.03. The Morgan fingerprint density at radius 1 is 1.26 bits per heavy atom. The first-order chi connectivity index (χ1) is 11.2. The van der Waals surface area contributed by atoms with Gasteiger partial charge in [0.1, 0.15) is 0 Å². The van der Waals surface area contributed by atoms with Crippen molar-refractivity contribution in [3.05, 3.63) is 35.4 Å². The lowest BCUT2D eigenvalue weighted by Gasteiger charge is -2.42. The molecule has 4 heteroatoms. The minimum absolute atomic E-state index is 0.163. The van der Waals surface area contributed by atoms with E-state index in [4.69, 9.17) is 5.11 Å². The van der Waals surface area contributed by atoms with E-state index in [2.05, 4.69) is 34.5 Å². The van der Waals surface area contributed by atoms with E-state index in [1.54, 1.807) is 0 Å². The molecular formula is C19H28N2O2. The summed E-state index contributed by atoms with van der Waals surface area (Å²) in [6, 6.07) is 10.0. The molecule has 0 spiro atoms. The van der Waals surface area contributed by atoms with Crippen molar-refractivity contribution >= 4 is 5.97 Å². The van der Waals surface area contributed by atoms with Crippen molar-refractivity contribution in [3.8, 4) is 0 Å². The normalized spacial score (nSPS) is 24.3. The Hall–Kier alpha value is -1.39. The Labute approximate surface area is 138 Å². The van der Waals surface area contributed by atoms with Crippen LogP contribution in [-0.4, -0.2) is 41.1 Å². The summed E-state index contributed by atoms with van der Waals surface area (Å²) in [6.07, 6.45) is 6.20. The number of carboxylic acids is 1. The van der Waals surface area contributed by atoms with Crippen molar-refractivity contribution in [2.24, 2.45) is 0 Å². The highest BCUT2D eigenvalue weighted by atomic mass is 16.4. The van der Waals surface area contributed by atoms with E-state index < -0.39 is 5.97 Å². The summed E-state index contributed by atoms with van der Waals surface area (Å²) in [6.45, 7) is 3.92. The maximum Gasteiger partial charge on any atom is 0.317 e. The van der Waals surface area contributed by atoms with Gasteiger partial charge in [-0.05, 0) is 49.3 Å². The van der Waals surface area contributed by atoms with E-state index in [-0.39, 0.29) is 6.54 Å². The number of aliphatic carboxylic acids is 1. The van der Waals surface area contributed by atoms with Gasteiger partial charge in [-0.15, -0.1) is 0 Å². The average Bonchev–Trinajstić information content (AvgIpc) is 2.43. The van der Waals surface area contributed by atoms with Crippen LogP contribution in [0.3, 0.4) is 0 Å². The Balaban J connectivity index is 1.39. The van der Waals surface area contributed by atoms with Gasteiger partial charge in [0.25, 0.3) is 0 Å². The molecule has 0 saturated heterocycles. The van der Waals surface area contributed by atoms with Crippen molar-refractivity contribution in [3.63, 3.8) is 0 Å². The van der Waals surface area contributed by atoms with Crippen molar-refractivity contribution in [1.29, 1.82) is 0 Å². The third kappa shape index (κ3) is 4.12. The van der Waals surface area contributed by atoms with Gasteiger partial charge in [0.05, 0.1) is 6.54 Å². The quantitative estimate of drug-likeness (QED) is 0.774. The molecule has 0 aromatic heterocycles. The highest BCUT2D eigenvalue weighted by molar-refractivity contribution is 5.69. The monoisotopic (exact) mass is 316 g/mol. The summed E-state index contributed by atoms with van der Waals surface area (Å²) < 4.78 is 0. The first kappa shape index (κ1) is 16.5. The Kier molecular flexibility index (Phi) is 5.34. The molecule has 126 valence electrons. The van der Waals surface area contributed by atoms with Crippen LogP contribution in [0.2, 0.25) is 0 Å². The van der Waals surface area contributed by atoms with E-state index in [0.29, 0.717) is 12.1 Å². The zero-order valence-corrected chi connectivity index (χ0v) is 14.0. The molecule has 0 atom stereocenters. The van der Waals surface area contributed by atoms with Crippen LogP contribution in [-0.2, 0) is 11.3 Å². The summed E-state index contributed by atoms with van der Waals surface area (Å²) in [5.41, 5.74) is 2.84. The lowest BCUT2D eigenvalue weighted by molar-refractivity contribution is -0.139. The van der Waals surface area contributed by atoms with Gasteiger partial charge in [-0.25, -0.2) is 0 Å². The third-order valence-corrected chi connectivity index (χ3v) is 5.53. The summed E-state index contributed by atoms with van der Waals surface area (Å²) >= 11 is 0. The second-order valence-corrected chi connectivity index (χ2v) is 7.03. The molecule has 23 heavy (non-hydrogen) atoms. The zero-order valence-electron chi connectivity index (χ0n) is 14.0. The molecule has 2 aliphatic rings. The maximum absolute atomic E-state index is 10.8. The van der Waals surface area contributed by atoms with E-state index in [9.17, 15) is 4.79 Å². The molecular weight excluding hydrogens is 288 g/mol. The number of hydrogen-bond donors (Lipinski definition) is 2. The van der Waals surface area contributed by atoms with Crippen molar-refractivity contribution in [2.75, 3.05) is 13.1 Å². The maximum atomic E-state index is 10.8. The van der Waals surface area contributed by atoms with Crippen LogP contribution in [0.5, 0.6) is 0 Å². The summed E-state index contributed by atoms with van der Waals surface area (Å²) in [5.74, 6) is 0.0773. The summed E-state index contributed by atoms with van der Waals surface area (Å²) in [7, 11) is 0. The molecule has 1 aromatic carbocycles. The fourth-order valence-corrected chi connectivity index (χ4v) is 3.64. The van der Waals surface area contributed by atoms with Crippen LogP contribution in [0.15, 0.2) is 24.3 Å². The van der Waals surface area contributed by atoms with Crippen molar-refractivity contribution in [1.82, 2.24) is 10.2 Å². The highest BCUT2D eigenvalue weighted by Gasteiger charge is 2.33. The molecule has 0 radical (unpaired) electrons. The summed E-state index contributed by atoms with van der Waals surface area (Å²) in [4.78, 5) is 12.9. The van der Waals surface area contributed by atoms with E-state index in [0.717, 1.165) is 31.8 Å². The molecule has 1 aromatic rings. The first-order valence-electron chi connectivity index (χ1n) is 8.93. The standard InChI is InChI=1S/C19H28N2O2/c1-2-21(13-19(22)23)18-10-17(11-18)20-12-14-6-8-16(9-7-14)15-4-3-5-15/h6-9,15,17-18,20H,2-5,10-13H2,1H3,(H,22,23). The molecule has 0 amide bonds. The number of likely N-dealkylation sites (N-methyl/N-ethyl adjacent to an activating group) is 1. The molecule has 0 unspecified atom stereocenters. The van der Waals surface area contributed by atoms with Gasteiger partial charge in [-0.3, -0.25) is 9.69 Å². The van der Waals surface area contributed by atoms with Crippen LogP contribution in [0, 0.1) is 0 Å². The van der Waals surface area contributed by atoms with Crippen molar-refractivity contribution < 1.29 is 9.90 Å². The number of benzene rings is 1. The molecule has 2 aliphatic carbocycles. The number of hydrogen-bond acceptors (Lipinski definition) is 3. The van der Waals surface area contributed by atoms with Crippen LogP contribution in [0.1, 0.15) is 56.1 Å². The van der Waals surface area contributed by atoms with Crippen LogP contribution in [0.4, 0.5) is 0 Å². The molecule has 4 nitrogen and oxygen atoms in total. The Morgan fingerprint density at radius 2 is 1.96 bits per heavy atom. The molecule has 2 fully saturated rings. The highest BCUT2D eigenvalue weighted by Crippen LogP contribution is 2.36. The lowest BCUT2D eigenvalue weighted by atomic mass is 9.80. The minimum Gasteiger partial charge on any atom is -0.480 e. The Bertz CT molecular complexity index is 519. The van der Waals surface area contributed by atoms with Crippen LogP contribution >= 0.6 is 0 Å². The topological polar surface area (TPSA) is 52.6 Å². The van der Waals surface area contributed by atoms with Gasteiger partial charge in [0.2, 0.25) is 0 Å². The van der Waals surface area contributed by atoms with Crippen LogP contribution < -0.4 is 5.32 Å². The zero-order chi connectivity index (χ0) is 16.2. The number of nitrogens with one attached hydrogen (secondary N) is 1. The average molecular weight is 316 g/mol. The van der Waals surface area contributed by atoms with Gasteiger partial charge >= 0.3 is 5.97 Å². The first-order valence-corrected chi connectivity index (χ1v) is 8.93. The SMILES string of the molecule is CCN(CC(=O)O)C1CC(NCc2ccc(C3CCC3)cc2)C1. The number of carbonyl (C=O) groups is 1. The van der Waals surface area contributed by atoms with Crippen molar-refractivity contribution in [2.45, 2.75) is 63.6 Å². The molecule has 0 aliphatic heterocycles. The van der Waals surface area contributed by atoms with E-state index >= 15 is 0 Å². The second kappa shape index (κ2) is 7.45. The molecule has 0 bridgehead atoms. The smallest absolute Gasteiger partial charge is 0.317 e. The molecule has 2 N–H and O–H groups in total. The fourth-order valence-electron chi connectivity index (χ4n) is 3.64. The van der Waals surface area contributed by atoms with Gasteiger partial charge in [0.15, 0.2) is 0 Å². The molecule has 0 heterocycles. The van der Waals surface area contributed by atoms with Gasteiger partial charge < -0.3 is 10.4 Å². The predicted molar refractivity (Wildman–Crippen MR) is 91.6 cm³/mol. The number of carboxylic acid groups (broad SMARTS) is 1. The van der Waals surface area contributed by atoms with Gasteiger partial charge in [-0.1, -0.05) is 37.6 Å². The van der Waals surface area contributed by atoms with Gasteiger partial charge in [-0.2, -0.15) is 0 Å². The van der Waals surface area contributed by atoms with E-state index in [1.807, 2.05) is 6.92 Å². The van der Waals surface area contributed by atoms with E-state index in [1.165, 1.54) is 30.4 Å². The fraction of sp³-hybridized carbons (Fsp3) is 0.632. The Morgan fingerprint density at radius 3 is 2.48 bits per heavy atom. The summed E-state index contributed by atoms with van der Waals surface area (Å²) in [5, 5.41) is 12.5. The number of nitrogens with zero attached hydrogens (tertiary/aromatic N) is 1. The lowest BCUT2D eigenvalue weighted by Crippen LogP contribution is -2.53. The van der Waals surface area contributed by atoms with Crippen LogP contribution in [0.25, 0.3) is 0 Å². The molecule has 2 saturated carbocycles. The van der Waals surface area contributed by atoms with Gasteiger partial charge in [0, 0.05) is 18.6 Å². The minimum atomic E-state index is -0.727. The largest absolute Gasteiger partial charge is 0.480 e. The third-order valence-electron chi connectivity index (χ3n) is 5.53. The number of rotatable bonds is 8. The molecule has 3 rings (SSSR count).